The first-order valence-corrected chi connectivity index (χ1v) is 12.7. The maximum Gasteiger partial charge on any atom is 0.0742 e. The molecule has 0 atom stereocenters. The summed E-state index contributed by atoms with van der Waals surface area (Å²) in [6, 6.07) is 39.6. The van der Waals surface area contributed by atoms with Gasteiger partial charge in [0.15, 0.2) is 0 Å². The lowest BCUT2D eigenvalue weighted by Gasteiger charge is -2.47. The fourth-order valence-corrected chi connectivity index (χ4v) is 5.63. The number of benzene rings is 4. The molecule has 0 amide bonds. The van der Waals surface area contributed by atoms with Crippen molar-refractivity contribution in [3.05, 3.63) is 127 Å². The number of hydrogen-bond donors (Lipinski definition) is 0. The van der Waals surface area contributed by atoms with Crippen LogP contribution in [0.5, 0.6) is 0 Å². The lowest BCUT2D eigenvalue weighted by Crippen LogP contribution is -2.43. The summed E-state index contributed by atoms with van der Waals surface area (Å²) in [5, 5.41) is 0. The Hall–Kier alpha value is -3.97. The van der Waals surface area contributed by atoms with Gasteiger partial charge >= 0.3 is 0 Å². The Morgan fingerprint density at radius 3 is 1.56 bits per heavy atom. The Kier molecular flexibility index (Phi) is 5.19. The molecular weight excluding hydrogens is 434 g/mol. The van der Waals surface area contributed by atoms with Gasteiger partial charge in [0.25, 0.3) is 0 Å². The summed E-state index contributed by atoms with van der Waals surface area (Å²) in [7, 11) is 0. The van der Waals surface area contributed by atoms with Gasteiger partial charge in [0, 0.05) is 17.2 Å². The van der Waals surface area contributed by atoms with Gasteiger partial charge in [-0.1, -0.05) is 107 Å². The van der Waals surface area contributed by atoms with Gasteiger partial charge in [0.2, 0.25) is 0 Å². The standard InChI is InChI=1S/C35H31N/c1-34(2)31-16-11-19-36-33(31)30-18-17-26(23-32(30)35(34,3)4)29-21-27(24-12-7-5-8-13-24)20-28(22-29)25-14-9-6-10-15-25/h5-23H,1-4H3. The first kappa shape index (κ1) is 22.5. The molecule has 1 nitrogen and oxygen atoms in total. The third kappa shape index (κ3) is 3.50. The van der Waals surface area contributed by atoms with Gasteiger partial charge in [-0.15, -0.1) is 0 Å². The van der Waals surface area contributed by atoms with Gasteiger partial charge in [0.05, 0.1) is 5.69 Å². The highest BCUT2D eigenvalue weighted by Crippen LogP contribution is 2.53. The number of pyridine rings is 1. The third-order valence-electron chi connectivity index (χ3n) is 8.47. The number of hydrogen-bond acceptors (Lipinski definition) is 1. The largest absolute Gasteiger partial charge is 0.256 e. The average Bonchev–Trinajstić information content (AvgIpc) is 2.93. The molecule has 1 heteroatoms. The fourth-order valence-electron chi connectivity index (χ4n) is 5.63. The minimum atomic E-state index is -0.0479. The molecule has 0 saturated heterocycles. The second-order valence-electron chi connectivity index (χ2n) is 10.9. The summed E-state index contributed by atoms with van der Waals surface area (Å²) in [6.07, 6.45) is 1.92. The molecule has 5 aromatic rings. The Morgan fingerprint density at radius 1 is 0.444 bits per heavy atom. The maximum atomic E-state index is 4.83. The normalized spacial score (nSPS) is 15.1. The number of fused-ring (bicyclic) bond motifs is 3. The van der Waals surface area contributed by atoms with Crippen LogP contribution in [0.15, 0.2) is 115 Å². The zero-order chi connectivity index (χ0) is 24.9. The van der Waals surface area contributed by atoms with Crippen LogP contribution in [0.4, 0.5) is 0 Å². The van der Waals surface area contributed by atoms with E-state index >= 15 is 0 Å². The lowest BCUT2D eigenvalue weighted by molar-refractivity contribution is 0.298. The van der Waals surface area contributed by atoms with Crippen molar-refractivity contribution in [1.82, 2.24) is 4.98 Å². The van der Waals surface area contributed by atoms with Crippen LogP contribution >= 0.6 is 0 Å². The van der Waals surface area contributed by atoms with E-state index in [0.717, 1.165) is 5.69 Å². The van der Waals surface area contributed by atoms with Crippen LogP contribution in [-0.2, 0) is 10.8 Å². The Labute approximate surface area is 214 Å². The van der Waals surface area contributed by atoms with E-state index < -0.39 is 0 Å². The molecule has 0 fully saturated rings. The molecule has 1 aliphatic rings. The van der Waals surface area contributed by atoms with E-state index in [-0.39, 0.29) is 10.8 Å². The van der Waals surface area contributed by atoms with Gasteiger partial charge in [-0.25, -0.2) is 0 Å². The smallest absolute Gasteiger partial charge is 0.0742 e. The molecule has 4 aromatic carbocycles. The number of rotatable bonds is 3. The van der Waals surface area contributed by atoms with E-state index in [9.17, 15) is 0 Å². The van der Waals surface area contributed by atoms with Crippen LogP contribution in [0, 0.1) is 0 Å². The molecule has 0 radical (unpaired) electrons. The quantitative estimate of drug-likeness (QED) is 0.259. The zero-order valence-corrected chi connectivity index (χ0v) is 21.4. The SMILES string of the molecule is CC1(C)c2cc(-c3cc(-c4ccccc4)cc(-c4ccccc4)c3)ccc2-c2ncccc2C1(C)C. The van der Waals surface area contributed by atoms with E-state index in [0.29, 0.717) is 0 Å². The molecular formula is C35H31N. The zero-order valence-electron chi connectivity index (χ0n) is 21.4. The van der Waals surface area contributed by atoms with Crippen molar-refractivity contribution < 1.29 is 0 Å². The van der Waals surface area contributed by atoms with Crippen molar-refractivity contribution in [3.63, 3.8) is 0 Å². The van der Waals surface area contributed by atoms with Crippen molar-refractivity contribution in [3.8, 4) is 44.6 Å². The Bertz CT molecular complexity index is 1500. The summed E-state index contributed by atoms with van der Waals surface area (Å²) in [4.78, 5) is 4.83. The Balaban J connectivity index is 1.57. The predicted octanol–water partition coefficient (Wildman–Crippen LogP) is 9.32. The first-order valence-electron chi connectivity index (χ1n) is 12.7. The van der Waals surface area contributed by atoms with Crippen molar-refractivity contribution in [2.24, 2.45) is 0 Å². The summed E-state index contributed by atoms with van der Waals surface area (Å²) < 4.78 is 0. The van der Waals surface area contributed by atoms with Crippen molar-refractivity contribution in [1.29, 1.82) is 0 Å². The van der Waals surface area contributed by atoms with E-state index in [4.69, 9.17) is 4.98 Å². The predicted molar refractivity (Wildman–Crippen MR) is 152 cm³/mol. The van der Waals surface area contributed by atoms with Crippen LogP contribution in [-0.4, -0.2) is 4.98 Å². The Morgan fingerprint density at radius 2 is 0.972 bits per heavy atom. The van der Waals surface area contributed by atoms with Crippen molar-refractivity contribution in [2.45, 2.75) is 38.5 Å². The summed E-state index contributed by atoms with van der Waals surface area (Å²) in [6.45, 7) is 9.46. The highest BCUT2D eigenvalue weighted by Gasteiger charge is 2.46. The minimum absolute atomic E-state index is 0.0384. The number of nitrogens with zero attached hydrogens (tertiary/aromatic N) is 1. The van der Waals surface area contributed by atoms with Crippen LogP contribution in [0.3, 0.4) is 0 Å². The molecule has 0 unspecified atom stereocenters. The highest BCUT2D eigenvalue weighted by atomic mass is 14.7. The first-order chi connectivity index (χ1) is 17.4. The highest BCUT2D eigenvalue weighted by molar-refractivity contribution is 5.84. The molecule has 0 saturated carbocycles. The average molecular weight is 466 g/mol. The van der Waals surface area contributed by atoms with E-state index in [1.54, 1.807) is 0 Å². The van der Waals surface area contributed by atoms with Crippen LogP contribution in [0.1, 0.15) is 38.8 Å². The van der Waals surface area contributed by atoms with Gasteiger partial charge in [0.1, 0.15) is 0 Å². The molecule has 0 spiro atoms. The van der Waals surface area contributed by atoms with Gasteiger partial charge < -0.3 is 0 Å². The summed E-state index contributed by atoms with van der Waals surface area (Å²) >= 11 is 0. The minimum Gasteiger partial charge on any atom is -0.256 e. The maximum absolute atomic E-state index is 4.83. The lowest BCUT2D eigenvalue weighted by atomic mass is 9.56. The van der Waals surface area contributed by atoms with Crippen molar-refractivity contribution in [2.75, 3.05) is 0 Å². The molecule has 0 bridgehead atoms. The van der Waals surface area contributed by atoms with E-state index in [1.165, 1.54) is 50.1 Å². The summed E-state index contributed by atoms with van der Waals surface area (Å²) in [5.74, 6) is 0. The van der Waals surface area contributed by atoms with Crippen LogP contribution < -0.4 is 0 Å². The molecule has 1 heterocycles. The van der Waals surface area contributed by atoms with Crippen LogP contribution in [0.2, 0.25) is 0 Å². The van der Waals surface area contributed by atoms with Crippen molar-refractivity contribution >= 4 is 0 Å². The van der Waals surface area contributed by atoms with Gasteiger partial charge in [-0.05, 0) is 80.3 Å². The molecule has 1 aromatic heterocycles. The molecule has 176 valence electrons. The number of aromatic nitrogens is 1. The fraction of sp³-hybridized carbons (Fsp3) is 0.171. The topological polar surface area (TPSA) is 12.9 Å². The molecule has 0 N–H and O–H groups in total. The second-order valence-corrected chi connectivity index (χ2v) is 10.9. The molecule has 0 aliphatic heterocycles. The monoisotopic (exact) mass is 465 g/mol. The van der Waals surface area contributed by atoms with E-state index in [1.807, 2.05) is 6.20 Å². The van der Waals surface area contributed by atoms with Crippen LogP contribution in [0.25, 0.3) is 44.6 Å². The van der Waals surface area contributed by atoms with Gasteiger partial charge in [-0.2, -0.15) is 0 Å². The molecule has 6 rings (SSSR count). The second kappa shape index (κ2) is 8.31. The third-order valence-corrected chi connectivity index (χ3v) is 8.47. The molecule has 36 heavy (non-hydrogen) atoms. The molecule has 1 aliphatic carbocycles. The van der Waals surface area contributed by atoms with E-state index in [2.05, 4.69) is 137 Å². The van der Waals surface area contributed by atoms with Gasteiger partial charge in [-0.3, -0.25) is 4.98 Å². The summed E-state index contributed by atoms with van der Waals surface area (Å²) in [5.41, 5.74) is 12.4.